The van der Waals surface area contributed by atoms with Crippen molar-refractivity contribution in [1.82, 2.24) is 10.2 Å². The maximum absolute atomic E-state index is 12.4. The number of amides is 1. The molecule has 0 aliphatic carbocycles. The van der Waals surface area contributed by atoms with Gasteiger partial charge in [-0.3, -0.25) is 4.79 Å². The summed E-state index contributed by atoms with van der Waals surface area (Å²) in [5.74, 6) is 0.330. The van der Waals surface area contributed by atoms with Gasteiger partial charge in [0.15, 0.2) is 0 Å². The summed E-state index contributed by atoms with van der Waals surface area (Å²) in [6, 6.07) is 33.3. The molecule has 4 heteroatoms. The first-order valence-electron chi connectivity index (χ1n) is 12.3. The molecule has 0 unspecified atom stereocenters. The van der Waals surface area contributed by atoms with Crippen LogP contribution in [-0.4, -0.2) is 43.1 Å². The van der Waals surface area contributed by atoms with Gasteiger partial charge in [0, 0.05) is 32.6 Å². The average Bonchev–Trinajstić information content (AvgIpc) is 2.90. The van der Waals surface area contributed by atoms with Crippen molar-refractivity contribution in [3.8, 4) is 0 Å². The van der Waals surface area contributed by atoms with Gasteiger partial charge in [0.1, 0.15) is 23.2 Å². The smallest absolute Gasteiger partial charge is 0.222 e. The maximum Gasteiger partial charge on any atom is 0.222 e. The molecule has 1 fully saturated rings. The molecule has 33 heavy (non-hydrogen) atoms. The molecular weight excluding hydrogens is 423 g/mol. The summed E-state index contributed by atoms with van der Waals surface area (Å²) in [6.07, 6.45) is 6.32. The molecule has 0 spiro atoms. The van der Waals surface area contributed by atoms with Crippen LogP contribution in [0.2, 0.25) is 0 Å². The van der Waals surface area contributed by atoms with Crippen molar-refractivity contribution < 1.29 is 4.79 Å². The summed E-state index contributed by atoms with van der Waals surface area (Å²) in [6.45, 7) is 3.57. The van der Waals surface area contributed by atoms with Crippen LogP contribution in [0.5, 0.6) is 0 Å². The summed E-state index contributed by atoms with van der Waals surface area (Å²) < 4.78 is 0. The third kappa shape index (κ3) is 5.91. The van der Waals surface area contributed by atoms with Gasteiger partial charge in [-0.1, -0.05) is 61.0 Å². The number of carbonyl (C=O) groups is 1. The Morgan fingerprint density at radius 1 is 0.667 bits per heavy atom. The molecular formula is C29H36N2OP+. The molecule has 1 heterocycles. The van der Waals surface area contributed by atoms with Crippen LogP contribution in [0.15, 0.2) is 91.0 Å². The van der Waals surface area contributed by atoms with E-state index in [0.29, 0.717) is 12.3 Å². The van der Waals surface area contributed by atoms with Gasteiger partial charge in [0.2, 0.25) is 5.91 Å². The van der Waals surface area contributed by atoms with E-state index in [2.05, 4.69) is 96.3 Å². The van der Waals surface area contributed by atoms with Crippen LogP contribution in [0, 0.1) is 0 Å². The predicted octanol–water partition coefficient (Wildman–Crippen LogP) is 4.36. The fourth-order valence-corrected chi connectivity index (χ4v) is 9.34. The standard InChI is InChI=1S/C29H36N2OP/c32-29(31-23-21-30-22-24-31)20-12-1-2-13-25-33(26-14-6-3-7-15-26,27-16-8-4-9-17-27)28-18-10-5-11-19-28/h3-11,14-19,30H,1-2,12-13,20-25H2/q+1. The number of rotatable bonds is 10. The fourth-order valence-electron chi connectivity index (χ4n) is 4.93. The first-order valence-corrected chi connectivity index (χ1v) is 14.3. The second-order valence-corrected chi connectivity index (χ2v) is 12.5. The Morgan fingerprint density at radius 2 is 1.12 bits per heavy atom. The predicted molar refractivity (Wildman–Crippen MR) is 143 cm³/mol. The Kier molecular flexibility index (Phi) is 8.69. The Hall–Kier alpha value is -2.48. The number of nitrogens with one attached hydrogen (secondary N) is 1. The van der Waals surface area contributed by atoms with E-state index >= 15 is 0 Å². The van der Waals surface area contributed by atoms with E-state index in [9.17, 15) is 4.79 Å². The second-order valence-electron chi connectivity index (χ2n) is 8.84. The summed E-state index contributed by atoms with van der Waals surface area (Å²) in [7, 11) is -1.73. The molecule has 1 N–H and O–H groups in total. The Bertz CT molecular complexity index is 876. The van der Waals surface area contributed by atoms with Crippen molar-refractivity contribution in [2.75, 3.05) is 32.3 Å². The molecule has 1 aliphatic rings. The van der Waals surface area contributed by atoms with Crippen molar-refractivity contribution in [3.05, 3.63) is 91.0 Å². The minimum absolute atomic E-state index is 0.330. The minimum atomic E-state index is -1.73. The number of nitrogens with zero attached hydrogens (tertiary/aromatic N) is 1. The topological polar surface area (TPSA) is 32.3 Å². The van der Waals surface area contributed by atoms with Crippen molar-refractivity contribution in [1.29, 1.82) is 0 Å². The van der Waals surface area contributed by atoms with Crippen LogP contribution in [0.4, 0.5) is 0 Å². The molecule has 0 aromatic heterocycles. The highest BCUT2D eigenvalue weighted by molar-refractivity contribution is 7.95. The second kappa shape index (κ2) is 12.1. The SMILES string of the molecule is O=C(CCCCCC[P+](c1ccccc1)(c1ccccc1)c1ccccc1)N1CCNCC1. The van der Waals surface area contributed by atoms with E-state index in [4.69, 9.17) is 0 Å². The highest BCUT2D eigenvalue weighted by Crippen LogP contribution is 2.55. The third-order valence-corrected chi connectivity index (χ3v) is 11.2. The minimum Gasteiger partial charge on any atom is -0.340 e. The van der Waals surface area contributed by atoms with E-state index in [0.717, 1.165) is 45.2 Å². The number of unbranched alkanes of at least 4 members (excludes halogenated alkanes) is 3. The molecule has 0 saturated carbocycles. The average molecular weight is 460 g/mol. The van der Waals surface area contributed by atoms with Gasteiger partial charge in [-0.2, -0.15) is 0 Å². The van der Waals surface area contributed by atoms with Crippen molar-refractivity contribution >= 4 is 29.1 Å². The van der Waals surface area contributed by atoms with E-state index in [1.165, 1.54) is 28.8 Å². The highest BCUT2D eigenvalue weighted by Gasteiger charge is 2.44. The van der Waals surface area contributed by atoms with Crippen molar-refractivity contribution in [2.45, 2.75) is 32.1 Å². The summed E-state index contributed by atoms with van der Waals surface area (Å²) >= 11 is 0. The van der Waals surface area contributed by atoms with E-state index in [-0.39, 0.29) is 0 Å². The Morgan fingerprint density at radius 3 is 1.61 bits per heavy atom. The van der Waals surface area contributed by atoms with Gasteiger partial charge in [0.25, 0.3) is 0 Å². The van der Waals surface area contributed by atoms with E-state index in [1.807, 2.05) is 4.90 Å². The van der Waals surface area contributed by atoms with Crippen molar-refractivity contribution in [2.24, 2.45) is 0 Å². The van der Waals surface area contributed by atoms with Crippen LogP contribution in [0.3, 0.4) is 0 Å². The van der Waals surface area contributed by atoms with Gasteiger partial charge < -0.3 is 10.2 Å². The molecule has 1 amide bonds. The molecule has 4 rings (SSSR count). The maximum atomic E-state index is 12.4. The number of carbonyl (C=O) groups excluding carboxylic acids is 1. The van der Waals surface area contributed by atoms with Crippen molar-refractivity contribution in [3.63, 3.8) is 0 Å². The highest BCUT2D eigenvalue weighted by atomic mass is 31.2. The normalized spacial score (nSPS) is 14.2. The third-order valence-electron chi connectivity index (χ3n) is 6.69. The van der Waals surface area contributed by atoms with Gasteiger partial charge in [-0.25, -0.2) is 0 Å². The first kappa shape index (κ1) is 23.7. The van der Waals surface area contributed by atoms with Gasteiger partial charge >= 0.3 is 0 Å². The molecule has 0 bridgehead atoms. The van der Waals surface area contributed by atoms with Crippen LogP contribution < -0.4 is 21.2 Å². The molecule has 172 valence electrons. The van der Waals surface area contributed by atoms with Gasteiger partial charge in [-0.15, -0.1) is 0 Å². The Balaban J connectivity index is 1.45. The molecule has 3 aromatic carbocycles. The van der Waals surface area contributed by atoms with Crippen LogP contribution in [-0.2, 0) is 4.79 Å². The Labute approximate surface area is 199 Å². The first-order chi connectivity index (χ1) is 16.3. The monoisotopic (exact) mass is 459 g/mol. The molecule has 3 nitrogen and oxygen atoms in total. The number of hydrogen-bond acceptors (Lipinski definition) is 2. The van der Waals surface area contributed by atoms with E-state index < -0.39 is 7.26 Å². The van der Waals surface area contributed by atoms with Crippen LogP contribution in [0.25, 0.3) is 0 Å². The fraction of sp³-hybridized carbons (Fsp3) is 0.345. The zero-order valence-electron chi connectivity index (χ0n) is 19.5. The lowest BCUT2D eigenvalue weighted by Crippen LogP contribution is -2.46. The quantitative estimate of drug-likeness (QED) is 0.361. The number of piperazine rings is 1. The summed E-state index contributed by atoms with van der Waals surface area (Å²) in [5.41, 5.74) is 0. The van der Waals surface area contributed by atoms with Gasteiger partial charge in [0.05, 0.1) is 6.16 Å². The lowest BCUT2D eigenvalue weighted by atomic mass is 10.1. The molecule has 3 aromatic rings. The molecule has 1 saturated heterocycles. The lowest BCUT2D eigenvalue weighted by molar-refractivity contribution is -0.131. The lowest BCUT2D eigenvalue weighted by Gasteiger charge is -2.28. The molecule has 1 aliphatic heterocycles. The van der Waals surface area contributed by atoms with Gasteiger partial charge in [-0.05, 0) is 55.7 Å². The van der Waals surface area contributed by atoms with Crippen LogP contribution >= 0.6 is 7.26 Å². The van der Waals surface area contributed by atoms with Crippen LogP contribution in [0.1, 0.15) is 32.1 Å². The summed E-state index contributed by atoms with van der Waals surface area (Å²) in [4.78, 5) is 14.5. The van der Waals surface area contributed by atoms with E-state index in [1.54, 1.807) is 0 Å². The number of hydrogen-bond donors (Lipinski definition) is 1. The number of benzene rings is 3. The summed E-state index contributed by atoms with van der Waals surface area (Å²) in [5, 5.41) is 7.68. The zero-order valence-corrected chi connectivity index (χ0v) is 20.4. The zero-order chi connectivity index (χ0) is 22.8. The largest absolute Gasteiger partial charge is 0.340 e. The molecule has 0 radical (unpaired) electrons. The molecule has 0 atom stereocenters.